The van der Waals surface area contributed by atoms with Crippen LogP contribution in [0.25, 0.3) is 11.3 Å². The molecule has 0 amide bonds. The molecular formula is C11H12N2O2. The third-order valence-electron chi connectivity index (χ3n) is 2.30. The van der Waals surface area contributed by atoms with Gasteiger partial charge in [0.1, 0.15) is 5.75 Å². The molecule has 0 saturated carbocycles. The first-order chi connectivity index (χ1) is 7.08. The highest BCUT2D eigenvalue weighted by Gasteiger charge is 2.08. The predicted molar refractivity (Wildman–Crippen MR) is 57.5 cm³/mol. The molecule has 0 bridgehead atoms. The Morgan fingerprint density at radius 1 is 1.20 bits per heavy atom. The largest absolute Gasteiger partial charge is 0.507 e. The number of anilines is 1. The van der Waals surface area contributed by atoms with E-state index in [0.29, 0.717) is 17.3 Å². The Labute approximate surface area is 87.3 Å². The highest BCUT2D eigenvalue weighted by molar-refractivity contribution is 5.64. The van der Waals surface area contributed by atoms with Crippen molar-refractivity contribution in [3.63, 3.8) is 0 Å². The van der Waals surface area contributed by atoms with Crippen molar-refractivity contribution in [2.45, 2.75) is 13.8 Å². The van der Waals surface area contributed by atoms with E-state index in [4.69, 9.17) is 10.3 Å². The molecule has 0 unspecified atom stereocenters. The summed E-state index contributed by atoms with van der Waals surface area (Å²) in [6.07, 6.45) is 0. The van der Waals surface area contributed by atoms with E-state index in [1.165, 1.54) is 0 Å². The fraction of sp³-hybridized carbons (Fsp3) is 0.182. The number of rotatable bonds is 1. The normalized spacial score (nSPS) is 10.5. The highest BCUT2D eigenvalue weighted by atomic mass is 16.5. The second-order valence-electron chi connectivity index (χ2n) is 3.57. The molecule has 4 nitrogen and oxygen atoms in total. The van der Waals surface area contributed by atoms with Crippen LogP contribution in [0.5, 0.6) is 5.75 Å². The van der Waals surface area contributed by atoms with Gasteiger partial charge >= 0.3 is 0 Å². The van der Waals surface area contributed by atoms with Crippen LogP contribution in [0.2, 0.25) is 0 Å². The van der Waals surface area contributed by atoms with E-state index in [1.54, 1.807) is 6.07 Å². The lowest BCUT2D eigenvalue weighted by atomic mass is 10.0. The van der Waals surface area contributed by atoms with Crippen LogP contribution >= 0.6 is 0 Å². The van der Waals surface area contributed by atoms with Crippen molar-refractivity contribution in [1.82, 2.24) is 5.16 Å². The summed E-state index contributed by atoms with van der Waals surface area (Å²) in [7, 11) is 0. The Balaban J connectivity index is 2.55. The first-order valence-corrected chi connectivity index (χ1v) is 4.60. The van der Waals surface area contributed by atoms with Gasteiger partial charge in [-0.15, -0.1) is 0 Å². The molecule has 1 heterocycles. The fourth-order valence-corrected chi connectivity index (χ4v) is 1.52. The molecule has 4 heteroatoms. The lowest BCUT2D eigenvalue weighted by molar-refractivity contribution is 0.435. The Kier molecular flexibility index (Phi) is 2.11. The van der Waals surface area contributed by atoms with Gasteiger partial charge in [-0.3, -0.25) is 0 Å². The predicted octanol–water partition coefficient (Wildman–Crippen LogP) is 2.25. The number of aryl methyl sites for hydroxylation is 2. The van der Waals surface area contributed by atoms with Crippen molar-refractivity contribution in [2.24, 2.45) is 0 Å². The van der Waals surface area contributed by atoms with Crippen molar-refractivity contribution in [3.05, 3.63) is 29.3 Å². The quantitative estimate of drug-likeness (QED) is 0.747. The number of nitrogens with zero attached hydrogens (tertiary/aromatic N) is 1. The summed E-state index contributed by atoms with van der Waals surface area (Å²) >= 11 is 0. The van der Waals surface area contributed by atoms with Gasteiger partial charge in [-0.05, 0) is 37.1 Å². The Morgan fingerprint density at radius 2 is 1.80 bits per heavy atom. The van der Waals surface area contributed by atoms with Gasteiger partial charge in [-0.1, -0.05) is 5.16 Å². The summed E-state index contributed by atoms with van der Waals surface area (Å²) in [5.74, 6) is 1.28. The Hall–Kier alpha value is -1.97. The summed E-state index contributed by atoms with van der Waals surface area (Å²) in [5, 5.41) is 13.2. The van der Waals surface area contributed by atoms with Gasteiger partial charge in [0.15, 0.2) is 11.6 Å². The second-order valence-corrected chi connectivity index (χ2v) is 3.57. The van der Waals surface area contributed by atoms with Gasteiger partial charge in [-0.2, -0.15) is 0 Å². The first-order valence-electron chi connectivity index (χ1n) is 4.60. The van der Waals surface area contributed by atoms with E-state index in [9.17, 15) is 5.11 Å². The topological polar surface area (TPSA) is 72.3 Å². The van der Waals surface area contributed by atoms with Crippen molar-refractivity contribution in [1.29, 1.82) is 0 Å². The summed E-state index contributed by atoms with van der Waals surface area (Å²) < 4.78 is 5.04. The minimum Gasteiger partial charge on any atom is -0.507 e. The molecule has 0 spiro atoms. The van der Waals surface area contributed by atoms with E-state index >= 15 is 0 Å². The molecule has 78 valence electrons. The molecule has 2 aromatic rings. The Morgan fingerprint density at radius 3 is 2.27 bits per heavy atom. The molecule has 0 radical (unpaired) electrons. The SMILES string of the molecule is Cc1cc(-c2cc(N)no2)cc(C)c1O. The second kappa shape index (κ2) is 3.31. The number of aromatic hydroxyl groups is 1. The zero-order valence-corrected chi connectivity index (χ0v) is 8.61. The Bertz CT molecular complexity index is 480. The molecule has 15 heavy (non-hydrogen) atoms. The number of hydrogen-bond acceptors (Lipinski definition) is 4. The standard InChI is InChI=1S/C11H12N2O2/c1-6-3-8(4-7(2)11(6)14)9-5-10(12)13-15-9/h3-5,14H,1-2H3,(H2,12,13). The summed E-state index contributed by atoms with van der Waals surface area (Å²) in [6, 6.07) is 5.33. The van der Waals surface area contributed by atoms with Crippen molar-refractivity contribution >= 4 is 5.82 Å². The highest BCUT2D eigenvalue weighted by Crippen LogP contribution is 2.29. The minimum atomic E-state index is 0.311. The van der Waals surface area contributed by atoms with Crippen LogP contribution in [0.3, 0.4) is 0 Å². The number of nitrogen functional groups attached to an aromatic ring is 1. The van der Waals surface area contributed by atoms with Gasteiger partial charge in [-0.25, -0.2) is 0 Å². The third-order valence-corrected chi connectivity index (χ3v) is 2.30. The molecule has 0 fully saturated rings. The van der Waals surface area contributed by atoms with Crippen molar-refractivity contribution < 1.29 is 9.63 Å². The van der Waals surface area contributed by atoms with Crippen LogP contribution in [-0.2, 0) is 0 Å². The monoisotopic (exact) mass is 204 g/mol. The number of nitrogens with two attached hydrogens (primary N) is 1. The lowest BCUT2D eigenvalue weighted by Crippen LogP contribution is -1.83. The molecule has 0 saturated heterocycles. The van der Waals surface area contributed by atoms with Crippen molar-refractivity contribution in [3.8, 4) is 17.1 Å². The number of phenols is 1. The third kappa shape index (κ3) is 1.66. The number of aromatic nitrogens is 1. The van der Waals surface area contributed by atoms with E-state index in [0.717, 1.165) is 16.7 Å². The summed E-state index contributed by atoms with van der Waals surface area (Å²) in [6.45, 7) is 3.68. The lowest BCUT2D eigenvalue weighted by Gasteiger charge is -2.04. The molecule has 0 aliphatic carbocycles. The smallest absolute Gasteiger partial charge is 0.169 e. The van der Waals surface area contributed by atoms with Gasteiger partial charge in [0, 0.05) is 11.6 Å². The van der Waals surface area contributed by atoms with Crippen LogP contribution in [0.15, 0.2) is 22.7 Å². The zero-order chi connectivity index (χ0) is 11.0. The number of phenolic OH excluding ortho intramolecular Hbond substituents is 1. The molecule has 3 N–H and O–H groups in total. The van der Waals surface area contributed by atoms with Crippen LogP contribution in [0.1, 0.15) is 11.1 Å². The number of benzene rings is 1. The molecule has 2 rings (SSSR count). The fourth-order valence-electron chi connectivity index (χ4n) is 1.52. The molecule has 0 aliphatic rings. The van der Waals surface area contributed by atoms with Crippen molar-refractivity contribution in [2.75, 3.05) is 5.73 Å². The summed E-state index contributed by atoms with van der Waals surface area (Å²) in [4.78, 5) is 0. The van der Waals surface area contributed by atoms with Crippen LogP contribution in [0, 0.1) is 13.8 Å². The minimum absolute atomic E-state index is 0.311. The average Bonchev–Trinajstić information content (AvgIpc) is 2.60. The van der Waals surface area contributed by atoms with Crippen LogP contribution < -0.4 is 5.73 Å². The molecular weight excluding hydrogens is 192 g/mol. The van der Waals surface area contributed by atoms with Crippen LogP contribution in [0.4, 0.5) is 5.82 Å². The van der Waals surface area contributed by atoms with Gasteiger partial charge in [0.2, 0.25) is 0 Å². The molecule has 1 aromatic carbocycles. The van der Waals surface area contributed by atoms with Gasteiger partial charge < -0.3 is 15.4 Å². The maximum Gasteiger partial charge on any atom is 0.169 e. The van der Waals surface area contributed by atoms with E-state index in [-0.39, 0.29) is 0 Å². The van der Waals surface area contributed by atoms with Gasteiger partial charge in [0.25, 0.3) is 0 Å². The first kappa shape index (κ1) is 9.58. The van der Waals surface area contributed by atoms with E-state index in [2.05, 4.69) is 5.16 Å². The average molecular weight is 204 g/mol. The van der Waals surface area contributed by atoms with E-state index < -0.39 is 0 Å². The maximum absolute atomic E-state index is 9.61. The van der Waals surface area contributed by atoms with Crippen LogP contribution in [-0.4, -0.2) is 10.3 Å². The number of hydrogen-bond donors (Lipinski definition) is 2. The van der Waals surface area contributed by atoms with E-state index in [1.807, 2.05) is 26.0 Å². The molecule has 1 aromatic heterocycles. The summed E-state index contributed by atoms with van der Waals surface area (Å²) in [5.41, 5.74) is 7.95. The molecule has 0 atom stereocenters. The zero-order valence-electron chi connectivity index (χ0n) is 8.61. The maximum atomic E-state index is 9.61. The van der Waals surface area contributed by atoms with Gasteiger partial charge in [0.05, 0.1) is 0 Å². The molecule has 0 aliphatic heterocycles.